The van der Waals surface area contributed by atoms with Crippen molar-refractivity contribution in [3.63, 3.8) is 0 Å². The van der Waals surface area contributed by atoms with Crippen LogP contribution < -0.4 is 16.4 Å². The zero-order valence-electron chi connectivity index (χ0n) is 18.9. The number of benzene rings is 2. The molecule has 1 aliphatic heterocycles. The molecule has 0 aliphatic carbocycles. The lowest BCUT2D eigenvalue weighted by Gasteiger charge is -2.31. The maximum Gasteiger partial charge on any atom is 0.221 e. The van der Waals surface area contributed by atoms with Crippen molar-refractivity contribution in [3.05, 3.63) is 71.3 Å². The number of piperidine rings is 1. The Morgan fingerprint density at radius 1 is 1.09 bits per heavy atom. The standard InChI is InChI=1S/C25H35N5O.HI/c1-2-27-25(28-14-13-20-8-4-3-5-9-20)29-17-21-10-6-11-22(16-21)18-30-15-7-12-23(19-30)24(26)31;/h3-6,8-11,16,23H,2,7,12-15,17-19H2,1H3,(H2,26,31)(H2,27,28,29);1H. The Labute approximate surface area is 209 Å². The second-order valence-electron chi connectivity index (χ2n) is 8.15. The predicted molar refractivity (Wildman–Crippen MR) is 142 cm³/mol. The Morgan fingerprint density at radius 3 is 2.59 bits per heavy atom. The van der Waals surface area contributed by atoms with Crippen molar-refractivity contribution in [2.24, 2.45) is 16.6 Å². The lowest BCUT2D eigenvalue weighted by Crippen LogP contribution is -2.40. The average Bonchev–Trinajstić information content (AvgIpc) is 2.78. The third-order valence-electron chi connectivity index (χ3n) is 5.62. The van der Waals surface area contributed by atoms with E-state index in [9.17, 15) is 4.79 Å². The number of carbonyl (C=O) groups is 1. The van der Waals surface area contributed by atoms with Gasteiger partial charge in [-0.1, -0.05) is 54.6 Å². The van der Waals surface area contributed by atoms with Gasteiger partial charge in [0.2, 0.25) is 5.91 Å². The van der Waals surface area contributed by atoms with Crippen LogP contribution in [0.5, 0.6) is 0 Å². The van der Waals surface area contributed by atoms with Gasteiger partial charge >= 0.3 is 0 Å². The molecular formula is C25H36IN5O. The van der Waals surface area contributed by atoms with E-state index < -0.39 is 0 Å². The molecule has 1 heterocycles. The van der Waals surface area contributed by atoms with Gasteiger partial charge in [-0.3, -0.25) is 9.69 Å². The quantitative estimate of drug-likeness (QED) is 0.255. The largest absolute Gasteiger partial charge is 0.369 e. The number of hydrogen-bond acceptors (Lipinski definition) is 3. The predicted octanol–water partition coefficient (Wildman–Crippen LogP) is 3.30. The van der Waals surface area contributed by atoms with E-state index in [0.717, 1.165) is 57.9 Å². The number of nitrogens with zero attached hydrogens (tertiary/aromatic N) is 2. The Morgan fingerprint density at radius 2 is 1.84 bits per heavy atom. The van der Waals surface area contributed by atoms with Gasteiger partial charge in [-0.25, -0.2) is 4.99 Å². The number of carbonyl (C=O) groups excluding carboxylic acids is 1. The van der Waals surface area contributed by atoms with Crippen LogP contribution in [0.3, 0.4) is 0 Å². The minimum Gasteiger partial charge on any atom is -0.369 e. The number of halogens is 1. The number of primary amides is 1. The van der Waals surface area contributed by atoms with Crippen molar-refractivity contribution < 1.29 is 4.79 Å². The molecule has 1 fully saturated rings. The van der Waals surface area contributed by atoms with Gasteiger partial charge in [0.05, 0.1) is 12.5 Å². The molecule has 174 valence electrons. The lowest BCUT2D eigenvalue weighted by atomic mass is 9.97. The molecule has 4 N–H and O–H groups in total. The van der Waals surface area contributed by atoms with Gasteiger partial charge in [-0.15, -0.1) is 24.0 Å². The fourth-order valence-electron chi connectivity index (χ4n) is 4.00. The molecular weight excluding hydrogens is 513 g/mol. The van der Waals surface area contributed by atoms with E-state index in [1.54, 1.807) is 0 Å². The number of amides is 1. The second kappa shape index (κ2) is 14.1. The number of hydrogen-bond donors (Lipinski definition) is 3. The third-order valence-corrected chi connectivity index (χ3v) is 5.62. The van der Waals surface area contributed by atoms with E-state index in [-0.39, 0.29) is 35.8 Å². The fraction of sp³-hybridized carbons (Fsp3) is 0.440. The number of aliphatic imine (C=N–C) groups is 1. The molecule has 32 heavy (non-hydrogen) atoms. The molecule has 1 saturated heterocycles. The molecule has 0 aromatic heterocycles. The SMILES string of the molecule is CCNC(=NCc1cccc(CN2CCCC(C(N)=O)C2)c1)NCCc1ccccc1.I. The average molecular weight is 550 g/mol. The van der Waals surface area contributed by atoms with Crippen LogP contribution in [-0.2, 0) is 24.3 Å². The summed E-state index contributed by atoms with van der Waals surface area (Å²) in [7, 11) is 0. The first-order valence-electron chi connectivity index (χ1n) is 11.3. The number of nitrogens with one attached hydrogen (secondary N) is 2. The van der Waals surface area contributed by atoms with Crippen molar-refractivity contribution in [2.45, 2.75) is 39.3 Å². The van der Waals surface area contributed by atoms with Gasteiger partial charge in [-0.2, -0.15) is 0 Å². The molecule has 1 unspecified atom stereocenters. The summed E-state index contributed by atoms with van der Waals surface area (Å²) in [6.45, 7) is 6.98. The Bertz CT molecular complexity index is 858. The van der Waals surface area contributed by atoms with E-state index in [2.05, 4.69) is 71.0 Å². The summed E-state index contributed by atoms with van der Waals surface area (Å²) in [4.78, 5) is 18.6. The van der Waals surface area contributed by atoms with Crippen LogP contribution in [0.1, 0.15) is 36.5 Å². The van der Waals surface area contributed by atoms with Crippen LogP contribution in [0.4, 0.5) is 0 Å². The molecule has 2 aromatic rings. The van der Waals surface area contributed by atoms with Gasteiger partial charge < -0.3 is 16.4 Å². The van der Waals surface area contributed by atoms with Gasteiger partial charge in [0, 0.05) is 26.2 Å². The molecule has 1 amide bonds. The molecule has 0 spiro atoms. The molecule has 7 heteroatoms. The minimum atomic E-state index is -0.177. The monoisotopic (exact) mass is 549 g/mol. The zero-order chi connectivity index (χ0) is 21.9. The van der Waals surface area contributed by atoms with Crippen molar-refractivity contribution >= 4 is 35.8 Å². The van der Waals surface area contributed by atoms with Crippen LogP contribution in [0, 0.1) is 5.92 Å². The minimum absolute atomic E-state index is 0. The zero-order valence-corrected chi connectivity index (χ0v) is 21.3. The van der Waals surface area contributed by atoms with Crippen LogP contribution in [0.2, 0.25) is 0 Å². The topological polar surface area (TPSA) is 82.8 Å². The van der Waals surface area contributed by atoms with Crippen LogP contribution in [0.15, 0.2) is 59.6 Å². The fourth-order valence-corrected chi connectivity index (χ4v) is 4.00. The summed E-state index contributed by atoms with van der Waals surface area (Å²) < 4.78 is 0. The first-order chi connectivity index (χ1) is 15.1. The van der Waals surface area contributed by atoms with Crippen LogP contribution in [0.25, 0.3) is 0 Å². The van der Waals surface area contributed by atoms with Gasteiger partial charge in [0.1, 0.15) is 0 Å². The van der Waals surface area contributed by atoms with E-state index in [4.69, 9.17) is 10.7 Å². The first kappa shape index (κ1) is 26.1. The number of nitrogens with two attached hydrogens (primary N) is 1. The van der Waals surface area contributed by atoms with Gasteiger partial charge in [0.25, 0.3) is 0 Å². The highest BCUT2D eigenvalue weighted by Crippen LogP contribution is 2.19. The van der Waals surface area contributed by atoms with Crippen LogP contribution >= 0.6 is 24.0 Å². The molecule has 0 saturated carbocycles. The van der Waals surface area contributed by atoms with Crippen molar-refractivity contribution in [1.82, 2.24) is 15.5 Å². The summed E-state index contributed by atoms with van der Waals surface area (Å²) >= 11 is 0. The van der Waals surface area contributed by atoms with Crippen molar-refractivity contribution in [1.29, 1.82) is 0 Å². The highest BCUT2D eigenvalue weighted by atomic mass is 127. The molecule has 0 radical (unpaired) electrons. The highest BCUT2D eigenvalue weighted by Gasteiger charge is 2.23. The van der Waals surface area contributed by atoms with Crippen molar-refractivity contribution in [3.8, 4) is 0 Å². The second-order valence-corrected chi connectivity index (χ2v) is 8.15. The number of rotatable bonds is 9. The first-order valence-corrected chi connectivity index (χ1v) is 11.3. The normalized spacial score (nSPS) is 16.8. The Hall–Kier alpha value is -2.13. The van der Waals surface area contributed by atoms with E-state index >= 15 is 0 Å². The summed E-state index contributed by atoms with van der Waals surface area (Å²) in [6, 6.07) is 19.0. The third kappa shape index (κ3) is 8.78. The number of guanidine groups is 1. The number of likely N-dealkylation sites (tertiary alicyclic amines) is 1. The van der Waals surface area contributed by atoms with Crippen molar-refractivity contribution in [2.75, 3.05) is 26.2 Å². The maximum absolute atomic E-state index is 11.5. The Kier molecular flexibility index (Phi) is 11.5. The molecule has 3 rings (SSSR count). The Balaban J connectivity index is 0.00000363. The molecule has 6 nitrogen and oxygen atoms in total. The van der Waals surface area contributed by atoms with Crippen LogP contribution in [-0.4, -0.2) is 42.9 Å². The lowest BCUT2D eigenvalue weighted by molar-refractivity contribution is -0.123. The van der Waals surface area contributed by atoms with Gasteiger partial charge in [0.15, 0.2) is 5.96 Å². The summed E-state index contributed by atoms with van der Waals surface area (Å²) in [5.41, 5.74) is 9.26. The smallest absolute Gasteiger partial charge is 0.221 e. The summed E-state index contributed by atoms with van der Waals surface area (Å²) in [5.74, 6) is 0.638. The summed E-state index contributed by atoms with van der Waals surface area (Å²) in [5, 5.41) is 6.74. The van der Waals surface area contributed by atoms with E-state index in [1.807, 2.05) is 6.07 Å². The molecule has 1 aliphatic rings. The van der Waals surface area contributed by atoms with Gasteiger partial charge in [-0.05, 0) is 49.4 Å². The molecule has 0 bridgehead atoms. The summed E-state index contributed by atoms with van der Waals surface area (Å²) in [6.07, 6.45) is 2.90. The van der Waals surface area contributed by atoms with E-state index in [0.29, 0.717) is 6.54 Å². The molecule has 2 aromatic carbocycles. The maximum atomic E-state index is 11.5. The molecule has 1 atom stereocenters. The van der Waals surface area contributed by atoms with E-state index in [1.165, 1.54) is 16.7 Å². The highest BCUT2D eigenvalue weighted by molar-refractivity contribution is 14.0.